The van der Waals surface area contributed by atoms with Crippen molar-refractivity contribution in [2.45, 2.75) is 44.8 Å². The topological polar surface area (TPSA) is 83.4 Å². The van der Waals surface area contributed by atoms with E-state index in [1.165, 1.54) is 0 Å². The minimum absolute atomic E-state index is 0. The van der Waals surface area contributed by atoms with Crippen molar-refractivity contribution in [3.05, 3.63) is 36.0 Å². The van der Waals surface area contributed by atoms with Gasteiger partial charge in [-0.2, -0.15) is 4.98 Å². The van der Waals surface area contributed by atoms with E-state index in [9.17, 15) is 0 Å². The van der Waals surface area contributed by atoms with E-state index >= 15 is 0 Å². The smallest absolute Gasteiger partial charge is 0.264 e. The fourth-order valence-corrected chi connectivity index (χ4v) is 2.73. The fraction of sp³-hybridized carbons (Fsp3) is 0.500. The van der Waals surface area contributed by atoms with Crippen LogP contribution in [0.3, 0.4) is 0 Å². The van der Waals surface area contributed by atoms with Crippen molar-refractivity contribution in [2.24, 2.45) is 5.73 Å². The van der Waals surface area contributed by atoms with Crippen LogP contribution in [0.25, 0.3) is 0 Å². The van der Waals surface area contributed by atoms with Gasteiger partial charge in [-0.3, -0.25) is 0 Å². The lowest BCUT2D eigenvalue weighted by molar-refractivity contribution is 0.227. The highest BCUT2D eigenvalue weighted by atomic mass is 35.5. The Morgan fingerprint density at radius 2 is 1.83 bits per heavy atom. The summed E-state index contributed by atoms with van der Waals surface area (Å²) in [4.78, 5) is 4.39. The van der Waals surface area contributed by atoms with Crippen LogP contribution in [0.5, 0.6) is 11.5 Å². The van der Waals surface area contributed by atoms with Crippen molar-refractivity contribution in [1.29, 1.82) is 0 Å². The molecule has 3 rings (SSSR count). The molecule has 0 saturated heterocycles. The van der Waals surface area contributed by atoms with Gasteiger partial charge in [0.2, 0.25) is 0 Å². The summed E-state index contributed by atoms with van der Waals surface area (Å²) >= 11 is 0. The van der Waals surface area contributed by atoms with Gasteiger partial charge in [-0.05, 0) is 31.9 Å². The number of halogens is 1. The zero-order valence-corrected chi connectivity index (χ0v) is 14.0. The molecule has 0 atom stereocenters. The second kappa shape index (κ2) is 7.66. The maximum absolute atomic E-state index is 6.32. The molecule has 1 aliphatic carbocycles. The van der Waals surface area contributed by atoms with Crippen molar-refractivity contribution in [3.63, 3.8) is 0 Å². The molecule has 6 nitrogen and oxygen atoms in total. The summed E-state index contributed by atoms with van der Waals surface area (Å²) < 4.78 is 16.5. The summed E-state index contributed by atoms with van der Waals surface area (Å²) in [6.45, 7) is 2.72. The van der Waals surface area contributed by atoms with Crippen molar-refractivity contribution >= 4 is 12.4 Å². The molecule has 1 aliphatic rings. The van der Waals surface area contributed by atoms with E-state index < -0.39 is 5.54 Å². The molecule has 0 unspecified atom stereocenters. The van der Waals surface area contributed by atoms with E-state index in [1.54, 1.807) is 0 Å². The van der Waals surface area contributed by atoms with E-state index in [0.717, 1.165) is 25.7 Å². The molecule has 0 bridgehead atoms. The van der Waals surface area contributed by atoms with E-state index in [-0.39, 0.29) is 19.0 Å². The lowest BCUT2D eigenvalue weighted by atomic mass is 9.99. The highest BCUT2D eigenvalue weighted by molar-refractivity contribution is 5.85. The predicted octanol–water partition coefficient (Wildman–Crippen LogP) is 3.20. The molecule has 1 saturated carbocycles. The number of rotatable bonds is 6. The molecule has 0 aliphatic heterocycles. The van der Waals surface area contributed by atoms with Gasteiger partial charge in [-0.1, -0.05) is 30.1 Å². The second-order valence-corrected chi connectivity index (χ2v) is 5.54. The number of para-hydroxylation sites is 2. The number of hydrogen-bond acceptors (Lipinski definition) is 6. The van der Waals surface area contributed by atoms with Crippen molar-refractivity contribution in [1.82, 2.24) is 10.1 Å². The molecular formula is C16H22ClN3O3. The minimum Gasteiger partial charge on any atom is -0.490 e. The van der Waals surface area contributed by atoms with Crippen molar-refractivity contribution < 1.29 is 14.0 Å². The van der Waals surface area contributed by atoms with Gasteiger partial charge in [-0.25, -0.2) is 0 Å². The molecule has 1 fully saturated rings. The van der Waals surface area contributed by atoms with Crippen molar-refractivity contribution in [3.8, 4) is 11.5 Å². The van der Waals surface area contributed by atoms with Crippen LogP contribution in [-0.4, -0.2) is 16.7 Å². The summed E-state index contributed by atoms with van der Waals surface area (Å²) in [6, 6.07) is 7.51. The van der Waals surface area contributed by atoms with Gasteiger partial charge >= 0.3 is 0 Å². The quantitative estimate of drug-likeness (QED) is 0.870. The molecule has 126 valence electrons. The highest BCUT2D eigenvalue weighted by Gasteiger charge is 2.35. The predicted molar refractivity (Wildman–Crippen MR) is 87.8 cm³/mol. The minimum atomic E-state index is -0.440. The van der Waals surface area contributed by atoms with E-state index in [4.69, 9.17) is 19.7 Å². The molecule has 23 heavy (non-hydrogen) atoms. The Labute approximate surface area is 141 Å². The Balaban J connectivity index is 0.00000192. The highest BCUT2D eigenvalue weighted by Crippen LogP contribution is 2.34. The Bertz CT molecular complexity index is 627. The maximum Gasteiger partial charge on any atom is 0.264 e. The van der Waals surface area contributed by atoms with E-state index in [2.05, 4.69) is 10.1 Å². The first-order valence-electron chi connectivity index (χ1n) is 7.68. The van der Waals surface area contributed by atoms with E-state index in [0.29, 0.717) is 29.8 Å². The molecule has 2 N–H and O–H groups in total. The van der Waals surface area contributed by atoms with Gasteiger partial charge in [0.15, 0.2) is 23.9 Å². The van der Waals surface area contributed by atoms with Gasteiger partial charge in [0.05, 0.1) is 12.1 Å². The first kappa shape index (κ1) is 17.6. The standard InChI is InChI=1S/C16H21N3O3.ClH/c1-2-20-12-7-3-4-8-13(12)21-11-14-18-15(19-22-14)16(17)9-5-6-10-16;/h3-4,7-8H,2,5-6,9-11,17H2,1H3;1H. The second-order valence-electron chi connectivity index (χ2n) is 5.54. The molecule has 0 amide bonds. The lowest BCUT2D eigenvalue weighted by Crippen LogP contribution is -2.34. The monoisotopic (exact) mass is 339 g/mol. The summed E-state index contributed by atoms with van der Waals surface area (Å²) in [5, 5.41) is 4.02. The van der Waals surface area contributed by atoms with Gasteiger partial charge in [0.25, 0.3) is 5.89 Å². The van der Waals surface area contributed by atoms with Crippen molar-refractivity contribution in [2.75, 3.05) is 6.61 Å². The SMILES string of the molecule is CCOc1ccccc1OCc1nc(C2(N)CCCC2)no1.Cl. The third kappa shape index (κ3) is 3.95. The third-order valence-electron chi connectivity index (χ3n) is 3.91. The first-order chi connectivity index (χ1) is 10.7. The third-order valence-corrected chi connectivity index (χ3v) is 3.91. The zero-order chi connectivity index (χ0) is 15.4. The number of aromatic nitrogens is 2. The van der Waals surface area contributed by atoms with Gasteiger partial charge < -0.3 is 19.7 Å². The summed E-state index contributed by atoms with van der Waals surface area (Å²) in [6.07, 6.45) is 4.03. The Morgan fingerprint density at radius 3 is 2.48 bits per heavy atom. The Kier molecular flexibility index (Phi) is 5.85. The van der Waals surface area contributed by atoms with Crippen LogP contribution in [0.4, 0.5) is 0 Å². The molecule has 1 aromatic carbocycles. The molecule has 1 aromatic heterocycles. The van der Waals surface area contributed by atoms with Crippen LogP contribution in [-0.2, 0) is 12.1 Å². The summed E-state index contributed by atoms with van der Waals surface area (Å²) in [5.74, 6) is 2.38. The van der Waals surface area contributed by atoms with E-state index in [1.807, 2.05) is 31.2 Å². The van der Waals surface area contributed by atoms with Crippen LogP contribution in [0.1, 0.15) is 44.3 Å². The first-order valence-corrected chi connectivity index (χ1v) is 7.68. The lowest BCUT2D eigenvalue weighted by Gasteiger charge is -2.17. The number of nitrogens with two attached hydrogens (primary N) is 1. The molecule has 0 spiro atoms. The summed E-state index contributed by atoms with van der Waals surface area (Å²) in [7, 11) is 0. The number of nitrogens with zero attached hydrogens (tertiary/aromatic N) is 2. The molecule has 2 aromatic rings. The van der Waals surface area contributed by atoms with Gasteiger partial charge in [0.1, 0.15) is 0 Å². The Hall–Kier alpha value is -1.79. The molecule has 1 heterocycles. The van der Waals surface area contributed by atoms with Gasteiger partial charge in [0, 0.05) is 0 Å². The average Bonchev–Trinajstić information content (AvgIpc) is 3.17. The average molecular weight is 340 g/mol. The van der Waals surface area contributed by atoms with Gasteiger partial charge in [-0.15, -0.1) is 12.4 Å². The van der Waals surface area contributed by atoms with Crippen LogP contribution < -0.4 is 15.2 Å². The van der Waals surface area contributed by atoms with Crippen LogP contribution in [0.2, 0.25) is 0 Å². The number of ether oxygens (including phenoxy) is 2. The molecular weight excluding hydrogens is 318 g/mol. The zero-order valence-electron chi connectivity index (χ0n) is 13.2. The normalized spacial score (nSPS) is 15.9. The largest absolute Gasteiger partial charge is 0.490 e. The number of hydrogen-bond donors (Lipinski definition) is 1. The van der Waals surface area contributed by atoms with Crippen LogP contribution in [0.15, 0.2) is 28.8 Å². The number of benzene rings is 1. The molecule has 7 heteroatoms. The Morgan fingerprint density at radius 1 is 1.17 bits per heavy atom. The maximum atomic E-state index is 6.32. The van der Waals surface area contributed by atoms with Crippen LogP contribution >= 0.6 is 12.4 Å². The van der Waals surface area contributed by atoms with Crippen LogP contribution in [0, 0.1) is 0 Å². The summed E-state index contributed by atoms with van der Waals surface area (Å²) in [5.41, 5.74) is 5.88. The fourth-order valence-electron chi connectivity index (χ4n) is 2.73. The molecule has 0 radical (unpaired) electrons.